The van der Waals surface area contributed by atoms with E-state index in [2.05, 4.69) is 30.7 Å². The highest BCUT2D eigenvalue weighted by Gasteiger charge is 2.21. The lowest BCUT2D eigenvalue weighted by Crippen LogP contribution is -2.54. The molecule has 1 fully saturated rings. The molecule has 168 valence electrons. The number of rotatable bonds is 10. The second-order valence-electron chi connectivity index (χ2n) is 7.12. The van der Waals surface area contributed by atoms with E-state index in [1.165, 1.54) is 6.26 Å². The molecule has 0 bridgehead atoms. The van der Waals surface area contributed by atoms with E-state index in [1.54, 1.807) is 20.2 Å². The first-order valence-corrected chi connectivity index (χ1v) is 10.3. The minimum Gasteiger partial charge on any atom is -0.459 e. The molecule has 2 rings (SSSR count). The summed E-state index contributed by atoms with van der Waals surface area (Å²) in [6.07, 6.45) is 2.29. The molecule has 0 saturated carbocycles. The number of guanidine groups is 1. The van der Waals surface area contributed by atoms with Gasteiger partial charge in [-0.1, -0.05) is 0 Å². The van der Waals surface area contributed by atoms with Gasteiger partial charge in [-0.05, 0) is 19.4 Å². The van der Waals surface area contributed by atoms with E-state index in [0.29, 0.717) is 38.5 Å². The summed E-state index contributed by atoms with van der Waals surface area (Å²) < 4.78 is 10.1. The van der Waals surface area contributed by atoms with Crippen molar-refractivity contribution in [3.05, 3.63) is 23.7 Å². The summed E-state index contributed by atoms with van der Waals surface area (Å²) in [5.74, 6) is 1.04. The molecule has 3 N–H and O–H groups in total. The zero-order valence-electron chi connectivity index (χ0n) is 18.2. The lowest BCUT2D eigenvalue weighted by molar-refractivity contribution is -0.122. The fourth-order valence-corrected chi connectivity index (χ4v) is 3.18. The maximum Gasteiger partial charge on any atom is 0.287 e. The number of carbonyl (C=O) groups is 2. The number of nitrogens with one attached hydrogen (secondary N) is 3. The summed E-state index contributed by atoms with van der Waals surface area (Å²) in [6.45, 7) is 7.77. The van der Waals surface area contributed by atoms with Crippen LogP contribution < -0.4 is 16.0 Å². The van der Waals surface area contributed by atoms with E-state index in [9.17, 15) is 9.59 Å². The Hall–Kier alpha value is -2.59. The van der Waals surface area contributed by atoms with E-state index >= 15 is 0 Å². The summed E-state index contributed by atoms with van der Waals surface area (Å²) in [4.78, 5) is 32.6. The number of hydrogen-bond acceptors (Lipinski definition) is 6. The zero-order chi connectivity index (χ0) is 21.8. The average Bonchev–Trinajstić information content (AvgIpc) is 3.17. The maximum absolute atomic E-state index is 12.0. The van der Waals surface area contributed by atoms with Crippen molar-refractivity contribution in [3.63, 3.8) is 0 Å². The van der Waals surface area contributed by atoms with Crippen molar-refractivity contribution in [1.82, 2.24) is 25.8 Å². The van der Waals surface area contributed by atoms with E-state index in [4.69, 9.17) is 9.15 Å². The Morgan fingerprint density at radius 3 is 2.50 bits per heavy atom. The summed E-state index contributed by atoms with van der Waals surface area (Å²) >= 11 is 0. The fourth-order valence-electron chi connectivity index (χ4n) is 3.18. The third-order valence-corrected chi connectivity index (χ3v) is 4.87. The highest BCUT2D eigenvalue weighted by atomic mass is 16.5. The molecule has 0 radical (unpaired) electrons. The normalized spacial score (nSPS) is 15.2. The van der Waals surface area contributed by atoms with Gasteiger partial charge in [0.15, 0.2) is 11.7 Å². The van der Waals surface area contributed by atoms with Crippen LogP contribution in [0.2, 0.25) is 0 Å². The first-order valence-electron chi connectivity index (χ1n) is 10.3. The van der Waals surface area contributed by atoms with Crippen molar-refractivity contribution in [3.8, 4) is 0 Å². The van der Waals surface area contributed by atoms with Crippen LogP contribution in [-0.4, -0.2) is 101 Å². The number of methoxy groups -OCH3 is 1. The van der Waals surface area contributed by atoms with Crippen LogP contribution in [0, 0.1) is 6.92 Å². The predicted molar refractivity (Wildman–Crippen MR) is 115 cm³/mol. The number of aryl methyl sites for hydroxylation is 1. The van der Waals surface area contributed by atoms with Gasteiger partial charge in [0.2, 0.25) is 5.91 Å². The molecule has 1 aliphatic rings. The number of hydrogen-bond donors (Lipinski definition) is 3. The van der Waals surface area contributed by atoms with Crippen LogP contribution >= 0.6 is 0 Å². The molecule has 1 aliphatic heterocycles. The molecule has 30 heavy (non-hydrogen) atoms. The van der Waals surface area contributed by atoms with Crippen molar-refractivity contribution in [2.75, 3.05) is 73.1 Å². The van der Waals surface area contributed by atoms with Gasteiger partial charge in [-0.15, -0.1) is 0 Å². The van der Waals surface area contributed by atoms with Crippen LogP contribution in [0.25, 0.3) is 0 Å². The summed E-state index contributed by atoms with van der Waals surface area (Å²) in [5.41, 5.74) is 0.831. The number of piperazine rings is 1. The molecule has 10 heteroatoms. The number of aliphatic imine (C=N–C) groups is 1. The average molecular weight is 423 g/mol. The van der Waals surface area contributed by atoms with Gasteiger partial charge in [-0.3, -0.25) is 19.5 Å². The largest absolute Gasteiger partial charge is 0.459 e. The summed E-state index contributed by atoms with van der Waals surface area (Å²) in [5, 5.41) is 9.04. The van der Waals surface area contributed by atoms with Gasteiger partial charge < -0.3 is 30.0 Å². The fraction of sp³-hybridized carbons (Fsp3) is 0.650. The Morgan fingerprint density at radius 1 is 1.13 bits per heavy atom. The van der Waals surface area contributed by atoms with E-state index in [1.807, 2.05) is 6.92 Å². The van der Waals surface area contributed by atoms with E-state index in [-0.39, 0.29) is 11.8 Å². The van der Waals surface area contributed by atoms with Crippen molar-refractivity contribution in [2.24, 2.45) is 4.99 Å². The van der Waals surface area contributed by atoms with Crippen molar-refractivity contribution in [2.45, 2.75) is 13.3 Å². The summed E-state index contributed by atoms with van der Waals surface area (Å²) in [6, 6.07) is 1.77. The van der Waals surface area contributed by atoms with Crippen LogP contribution in [-0.2, 0) is 9.53 Å². The molecule has 2 heterocycles. The third kappa shape index (κ3) is 7.68. The maximum atomic E-state index is 12.0. The van der Waals surface area contributed by atoms with Crippen LogP contribution in [0.1, 0.15) is 22.5 Å². The molecule has 0 spiro atoms. The molecule has 1 aromatic heterocycles. The zero-order valence-corrected chi connectivity index (χ0v) is 18.2. The monoisotopic (exact) mass is 422 g/mol. The Balaban J connectivity index is 1.61. The number of furan rings is 1. The summed E-state index contributed by atoms with van der Waals surface area (Å²) in [7, 11) is 3.38. The highest BCUT2D eigenvalue weighted by molar-refractivity contribution is 5.92. The number of amides is 2. The van der Waals surface area contributed by atoms with Gasteiger partial charge in [-0.2, -0.15) is 0 Å². The topological polar surface area (TPSA) is 111 Å². The second-order valence-corrected chi connectivity index (χ2v) is 7.12. The molecule has 0 aromatic carbocycles. The molecule has 1 saturated heterocycles. The third-order valence-electron chi connectivity index (χ3n) is 4.87. The second kappa shape index (κ2) is 12.9. The van der Waals surface area contributed by atoms with Crippen LogP contribution in [0.3, 0.4) is 0 Å². The smallest absolute Gasteiger partial charge is 0.287 e. The lowest BCUT2D eigenvalue weighted by Gasteiger charge is -2.36. The van der Waals surface area contributed by atoms with E-state index < -0.39 is 0 Å². The Labute approximate surface area is 178 Å². The number of nitrogens with zero attached hydrogens (tertiary/aromatic N) is 3. The van der Waals surface area contributed by atoms with Crippen LogP contribution in [0.4, 0.5) is 0 Å². The molecular weight excluding hydrogens is 388 g/mol. The predicted octanol–water partition coefficient (Wildman–Crippen LogP) is -0.336. The van der Waals surface area contributed by atoms with Crippen molar-refractivity contribution >= 4 is 17.8 Å². The highest BCUT2D eigenvalue weighted by Crippen LogP contribution is 2.08. The Bertz CT molecular complexity index is 697. The van der Waals surface area contributed by atoms with Gasteiger partial charge in [0.1, 0.15) is 0 Å². The van der Waals surface area contributed by atoms with Crippen molar-refractivity contribution in [1.29, 1.82) is 0 Å². The minimum atomic E-state index is -0.190. The molecule has 0 aliphatic carbocycles. The van der Waals surface area contributed by atoms with Crippen molar-refractivity contribution < 1.29 is 18.7 Å². The van der Waals surface area contributed by atoms with E-state index in [0.717, 1.165) is 44.1 Å². The van der Waals surface area contributed by atoms with Gasteiger partial charge in [0.05, 0.1) is 19.4 Å². The van der Waals surface area contributed by atoms with Gasteiger partial charge in [0, 0.05) is 65.5 Å². The Kier molecular flexibility index (Phi) is 10.2. The SMILES string of the molecule is CN=C(NCCCNC(=O)c1occc1C)N1CCN(CC(=O)NCCOC)CC1. The lowest BCUT2D eigenvalue weighted by atomic mass is 10.2. The quantitative estimate of drug-likeness (QED) is 0.269. The Morgan fingerprint density at radius 2 is 1.87 bits per heavy atom. The molecular formula is C20H34N6O4. The first-order chi connectivity index (χ1) is 14.5. The number of carbonyl (C=O) groups excluding carboxylic acids is 2. The standard InChI is InChI=1S/C20H34N6O4/c1-16-5-13-30-18(16)19(28)23-6-4-7-24-20(21-2)26-11-9-25(10-12-26)15-17(27)22-8-14-29-3/h5,13H,4,6-12,14-15H2,1-3H3,(H,21,24)(H,22,27)(H,23,28). The van der Waals surface area contributed by atoms with Crippen LogP contribution in [0.5, 0.6) is 0 Å². The molecule has 10 nitrogen and oxygen atoms in total. The molecule has 2 amide bonds. The molecule has 0 atom stereocenters. The van der Waals surface area contributed by atoms with Gasteiger partial charge in [-0.25, -0.2) is 0 Å². The molecule has 1 aromatic rings. The first kappa shape index (κ1) is 23.7. The van der Waals surface area contributed by atoms with Gasteiger partial charge in [0.25, 0.3) is 5.91 Å². The number of ether oxygens (including phenoxy) is 1. The minimum absolute atomic E-state index is 0.0230. The van der Waals surface area contributed by atoms with Crippen LogP contribution in [0.15, 0.2) is 21.7 Å². The van der Waals surface area contributed by atoms with Gasteiger partial charge >= 0.3 is 0 Å². The molecule has 0 unspecified atom stereocenters.